The minimum Gasteiger partial charge on any atom is -0.480 e. The van der Waals surface area contributed by atoms with Crippen molar-refractivity contribution in [2.24, 2.45) is 0 Å². The van der Waals surface area contributed by atoms with Crippen molar-refractivity contribution in [3.8, 4) is 0 Å². The molecule has 0 saturated heterocycles. The van der Waals surface area contributed by atoms with Crippen LogP contribution in [0.1, 0.15) is 26.3 Å². The number of carboxylic acid groups (broad SMARTS) is 1. The second kappa shape index (κ2) is 5.77. The Kier molecular flexibility index (Phi) is 4.23. The van der Waals surface area contributed by atoms with Crippen LogP contribution in [0.4, 0.5) is 4.39 Å². The van der Waals surface area contributed by atoms with Crippen LogP contribution >= 0.6 is 0 Å². The molecule has 2 rings (SSSR count). The summed E-state index contributed by atoms with van der Waals surface area (Å²) in [6.45, 7) is 6.22. The lowest BCUT2D eigenvalue weighted by atomic mass is 10.0. The molecule has 0 aliphatic rings. The van der Waals surface area contributed by atoms with E-state index >= 15 is 0 Å². The average Bonchev–Trinajstić information content (AvgIpc) is 2.46. The summed E-state index contributed by atoms with van der Waals surface area (Å²) in [6.07, 6.45) is 1.61. The molecule has 0 amide bonds. The van der Waals surface area contributed by atoms with Crippen LogP contribution in [-0.2, 0) is 11.3 Å². The standard InChI is InChI=1S/C16H19FN2O2/c1-4-19(16(2,3)15(20)21)10-11-7-8-13(17)12-6-5-9-18-14(11)12/h5-9H,4,10H2,1-3H3,(H,20,21). The Morgan fingerprint density at radius 2 is 2.10 bits per heavy atom. The van der Waals surface area contributed by atoms with Gasteiger partial charge in [-0.15, -0.1) is 0 Å². The number of carbonyl (C=O) groups is 1. The van der Waals surface area contributed by atoms with Crippen LogP contribution in [0.3, 0.4) is 0 Å². The lowest BCUT2D eigenvalue weighted by Crippen LogP contribution is -2.49. The first-order valence-corrected chi connectivity index (χ1v) is 6.88. The second-order valence-corrected chi connectivity index (χ2v) is 5.48. The van der Waals surface area contributed by atoms with Crippen LogP contribution in [0.15, 0.2) is 30.5 Å². The molecule has 0 aliphatic carbocycles. The number of aromatic nitrogens is 1. The van der Waals surface area contributed by atoms with Gasteiger partial charge in [0.15, 0.2) is 0 Å². The SMILES string of the molecule is CCN(Cc1ccc(F)c2cccnc12)C(C)(C)C(=O)O. The van der Waals surface area contributed by atoms with Crippen LogP contribution < -0.4 is 0 Å². The monoisotopic (exact) mass is 290 g/mol. The van der Waals surface area contributed by atoms with Gasteiger partial charge in [-0.2, -0.15) is 0 Å². The van der Waals surface area contributed by atoms with Crippen LogP contribution in [0.25, 0.3) is 10.9 Å². The fraction of sp³-hybridized carbons (Fsp3) is 0.375. The minimum atomic E-state index is -0.996. The molecule has 1 N–H and O–H groups in total. The van der Waals surface area contributed by atoms with Gasteiger partial charge >= 0.3 is 5.97 Å². The molecule has 0 radical (unpaired) electrons. The van der Waals surface area contributed by atoms with E-state index in [0.29, 0.717) is 24.0 Å². The number of benzene rings is 1. The zero-order valence-corrected chi connectivity index (χ0v) is 12.4. The summed E-state index contributed by atoms with van der Waals surface area (Å²) < 4.78 is 13.8. The third kappa shape index (κ3) is 2.88. The van der Waals surface area contributed by atoms with Gasteiger partial charge in [0, 0.05) is 18.1 Å². The molecule has 21 heavy (non-hydrogen) atoms. The predicted octanol–water partition coefficient (Wildman–Crippen LogP) is 3.06. The summed E-state index contributed by atoms with van der Waals surface area (Å²) in [5.41, 5.74) is 0.407. The molecule has 0 saturated carbocycles. The molecular weight excluding hydrogens is 271 g/mol. The van der Waals surface area contributed by atoms with Crippen molar-refractivity contribution >= 4 is 16.9 Å². The van der Waals surface area contributed by atoms with Gasteiger partial charge in [-0.25, -0.2) is 4.39 Å². The zero-order chi connectivity index (χ0) is 15.6. The summed E-state index contributed by atoms with van der Waals surface area (Å²) in [5.74, 6) is -1.20. The molecule has 0 unspecified atom stereocenters. The van der Waals surface area contributed by atoms with Crippen molar-refractivity contribution in [1.29, 1.82) is 0 Å². The Morgan fingerprint density at radius 1 is 1.38 bits per heavy atom. The fourth-order valence-corrected chi connectivity index (χ4v) is 2.37. The molecular formula is C16H19FN2O2. The molecule has 0 atom stereocenters. The molecule has 1 heterocycles. The van der Waals surface area contributed by atoms with E-state index in [0.717, 1.165) is 5.56 Å². The highest BCUT2D eigenvalue weighted by Crippen LogP contribution is 2.24. The van der Waals surface area contributed by atoms with Gasteiger partial charge in [-0.3, -0.25) is 14.7 Å². The largest absolute Gasteiger partial charge is 0.480 e. The van der Waals surface area contributed by atoms with Crippen molar-refractivity contribution in [3.05, 3.63) is 41.8 Å². The lowest BCUT2D eigenvalue weighted by molar-refractivity contribution is -0.149. The molecule has 0 bridgehead atoms. The Bertz CT molecular complexity index is 670. The molecule has 1 aromatic carbocycles. The zero-order valence-electron chi connectivity index (χ0n) is 12.4. The maximum absolute atomic E-state index is 13.8. The van der Waals surface area contributed by atoms with Gasteiger partial charge in [0.2, 0.25) is 0 Å². The summed E-state index contributed by atoms with van der Waals surface area (Å²) >= 11 is 0. The number of rotatable bonds is 5. The highest BCUT2D eigenvalue weighted by Gasteiger charge is 2.33. The van der Waals surface area contributed by atoms with Crippen molar-refractivity contribution in [3.63, 3.8) is 0 Å². The lowest BCUT2D eigenvalue weighted by Gasteiger charge is -2.34. The van der Waals surface area contributed by atoms with E-state index in [-0.39, 0.29) is 5.82 Å². The summed E-state index contributed by atoms with van der Waals surface area (Å²) in [7, 11) is 0. The molecule has 5 heteroatoms. The Hall–Kier alpha value is -2.01. The van der Waals surface area contributed by atoms with Gasteiger partial charge in [0.05, 0.1) is 5.52 Å². The number of carboxylic acids is 1. The predicted molar refractivity (Wildman–Crippen MR) is 79.5 cm³/mol. The van der Waals surface area contributed by atoms with E-state index in [9.17, 15) is 14.3 Å². The van der Waals surface area contributed by atoms with Crippen LogP contribution in [0, 0.1) is 5.82 Å². The van der Waals surface area contributed by atoms with E-state index < -0.39 is 11.5 Å². The second-order valence-electron chi connectivity index (χ2n) is 5.48. The number of aliphatic carboxylic acids is 1. The number of halogens is 1. The number of hydrogen-bond donors (Lipinski definition) is 1. The van der Waals surface area contributed by atoms with E-state index in [4.69, 9.17) is 0 Å². The van der Waals surface area contributed by atoms with Crippen LogP contribution in [-0.4, -0.2) is 33.0 Å². The van der Waals surface area contributed by atoms with Crippen LogP contribution in [0.2, 0.25) is 0 Å². The molecule has 0 aliphatic heterocycles. The third-order valence-electron chi connectivity index (χ3n) is 3.86. The minimum absolute atomic E-state index is 0.317. The number of likely N-dealkylation sites (N-methyl/N-ethyl adjacent to an activating group) is 1. The van der Waals surface area contributed by atoms with E-state index in [2.05, 4.69) is 4.98 Å². The van der Waals surface area contributed by atoms with Crippen LogP contribution in [0.5, 0.6) is 0 Å². The number of fused-ring (bicyclic) bond motifs is 1. The highest BCUT2D eigenvalue weighted by molar-refractivity contribution is 5.82. The van der Waals surface area contributed by atoms with E-state index in [1.54, 1.807) is 38.2 Å². The molecule has 1 aromatic heterocycles. The van der Waals surface area contributed by atoms with Gasteiger partial charge in [0.25, 0.3) is 0 Å². The Labute approximate surface area is 123 Å². The number of pyridine rings is 1. The Balaban J connectivity index is 2.44. The normalized spacial score (nSPS) is 12.0. The molecule has 112 valence electrons. The number of nitrogens with zero attached hydrogens (tertiary/aromatic N) is 2. The molecule has 4 nitrogen and oxygen atoms in total. The summed E-state index contributed by atoms with van der Waals surface area (Å²) in [6, 6.07) is 6.44. The van der Waals surface area contributed by atoms with Crippen molar-refractivity contribution in [2.45, 2.75) is 32.9 Å². The smallest absolute Gasteiger partial charge is 0.323 e. The first-order chi connectivity index (χ1) is 9.87. The molecule has 0 fully saturated rings. The maximum atomic E-state index is 13.8. The average molecular weight is 290 g/mol. The topological polar surface area (TPSA) is 53.4 Å². The van der Waals surface area contributed by atoms with Crippen molar-refractivity contribution in [2.75, 3.05) is 6.54 Å². The third-order valence-corrected chi connectivity index (χ3v) is 3.86. The first-order valence-electron chi connectivity index (χ1n) is 6.88. The summed E-state index contributed by atoms with van der Waals surface area (Å²) in [5, 5.41) is 9.82. The van der Waals surface area contributed by atoms with E-state index in [1.165, 1.54) is 6.07 Å². The quantitative estimate of drug-likeness (QED) is 0.919. The van der Waals surface area contributed by atoms with E-state index in [1.807, 2.05) is 11.8 Å². The fourth-order valence-electron chi connectivity index (χ4n) is 2.37. The van der Waals surface area contributed by atoms with Gasteiger partial charge in [-0.1, -0.05) is 13.0 Å². The van der Waals surface area contributed by atoms with Gasteiger partial charge in [0.1, 0.15) is 11.4 Å². The molecule has 2 aromatic rings. The number of hydrogen-bond acceptors (Lipinski definition) is 3. The molecule has 0 spiro atoms. The van der Waals surface area contributed by atoms with Gasteiger partial charge < -0.3 is 5.11 Å². The van der Waals surface area contributed by atoms with Crippen molar-refractivity contribution in [1.82, 2.24) is 9.88 Å². The first kappa shape index (κ1) is 15.4. The highest BCUT2D eigenvalue weighted by atomic mass is 19.1. The Morgan fingerprint density at radius 3 is 2.71 bits per heavy atom. The van der Waals surface area contributed by atoms with Gasteiger partial charge in [-0.05, 0) is 44.2 Å². The summed E-state index contributed by atoms with van der Waals surface area (Å²) in [4.78, 5) is 17.5. The van der Waals surface area contributed by atoms with Crippen molar-refractivity contribution < 1.29 is 14.3 Å². The maximum Gasteiger partial charge on any atom is 0.323 e.